The third kappa shape index (κ3) is 2.71. The van der Waals surface area contributed by atoms with Gasteiger partial charge in [0.25, 0.3) is 0 Å². The molecule has 1 heterocycles. The first-order valence-electron chi connectivity index (χ1n) is 6.02. The second-order valence-corrected chi connectivity index (χ2v) is 4.33. The Morgan fingerprint density at radius 3 is 2.72 bits per heavy atom. The SMILES string of the molecule is COc1ccccc1CNC(=O)C(C)=C1CNC1. The number of ether oxygens (including phenoxy) is 1. The molecule has 4 heteroatoms. The zero-order valence-electron chi connectivity index (χ0n) is 10.7. The number of benzene rings is 1. The van der Waals surface area contributed by atoms with E-state index in [1.807, 2.05) is 31.2 Å². The van der Waals surface area contributed by atoms with Gasteiger partial charge in [0.2, 0.25) is 5.91 Å². The Balaban J connectivity index is 1.97. The van der Waals surface area contributed by atoms with Crippen molar-refractivity contribution in [2.24, 2.45) is 0 Å². The van der Waals surface area contributed by atoms with Gasteiger partial charge in [-0.25, -0.2) is 0 Å². The van der Waals surface area contributed by atoms with Crippen LogP contribution >= 0.6 is 0 Å². The van der Waals surface area contributed by atoms with E-state index in [9.17, 15) is 4.79 Å². The molecule has 1 fully saturated rings. The Bertz CT molecular complexity index is 474. The fourth-order valence-corrected chi connectivity index (χ4v) is 1.83. The number of nitrogens with one attached hydrogen (secondary N) is 2. The van der Waals surface area contributed by atoms with Crippen molar-refractivity contribution in [3.63, 3.8) is 0 Å². The highest BCUT2D eigenvalue weighted by atomic mass is 16.5. The van der Waals surface area contributed by atoms with Gasteiger partial charge in [-0.1, -0.05) is 18.2 Å². The van der Waals surface area contributed by atoms with Crippen LogP contribution in [0.3, 0.4) is 0 Å². The number of hydrogen-bond donors (Lipinski definition) is 2. The maximum atomic E-state index is 11.9. The van der Waals surface area contributed by atoms with Gasteiger partial charge in [-0.15, -0.1) is 0 Å². The minimum absolute atomic E-state index is 0.00240. The third-order valence-electron chi connectivity index (χ3n) is 3.18. The maximum Gasteiger partial charge on any atom is 0.247 e. The molecule has 1 amide bonds. The summed E-state index contributed by atoms with van der Waals surface area (Å²) in [4.78, 5) is 11.9. The van der Waals surface area contributed by atoms with Crippen molar-refractivity contribution >= 4 is 5.91 Å². The van der Waals surface area contributed by atoms with Gasteiger partial charge in [0.15, 0.2) is 0 Å². The van der Waals surface area contributed by atoms with Gasteiger partial charge in [-0.05, 0) is 18.6 Å². The molecule has 1 aliphatic rings. The van der Waals surface area contributed by atoms with Crippen molar-refractivity contribution in [3.8, 4) is 5.75 Å². The summed E-state index contributed by atoms with van der Waals surface area (Å²) in [7, 11) is 1.63. The molecular formula is C14H18N2O2. The van der Waals surface area contributed by atoms with Crippen LogP contribution in [0, 0.1) is 0 Å². The number of hydrogen-bond acceptors (Lipinski definition) is 3. The van der Waals surface area contributed by atoms with E-state index in [4.69, 9.17) is 4.74 Å². The average molecular weight is 246 g/mol. The summed E-state index contributed by atoms with van der Waals surface area (Å²) in [5, 5.41) is 6.05. The second-order valence-electron chi connectivity index (χ2n) is 4.33. The molecule has 2 N–H and O–H groups in total. The monoisotopic (exact) mass is 246 g/mol. The molecule has 0 saturated carbocycles. The molecule has 0 spiro atoms. The molecule has 1 saturated heterocycles. The van der Waals surface area contributed by atoms with Crippen molar-refractivity contribution in [2.45, 2.75) is 13.5 Å². The number of rotatable bonds is 4. The topological polar surface area (TPSA) is 50.4 Å². The lowest BCUT2D eigenvalue weighted by Crippen LogP contribution is -2.37. The molecule has 0 aromatic heterocycles. The zero-order valence-corrected chi connectivity index (χ0v) is 10.7. The molecule has 18 heavy (non-hydrogen) atoms. The Morgan fingerprint density at radius 1 is 1.39 bits per heavy atom. The van der Waals surface area contributed by atoms with E-state index in [1.54, 1.807) is 7.11 Å². The predicted molar refractivity (Wildman–Crippen MR) is 70.4 cm³/mol. The Hall–Kier alpha value is -1.81. The lowest BCUT2D eigenvalue weighted by atomic mass is 10.0. The Morgan fingerprint density at radius 2 is 2.11 bits per heavy atom. The lowest BCUT2D eigenvalue weighted by molar-refractivity contribution is -0.117. The number of methoxy groups -OCH3 is 1. The minimum Gasteiger partial charge on any atom is -0.496 e. The maximum absolute atomic E-state index is 11.9. The highest BCUT2D eigenvalue weighted by molar-refractivity contribution is 5.93. The average Bonchev–Trinajstić information content (AvgIpc) is 2.34. The normalized spacial score (nSPS) is 13.8. The van der Waals surface area contributed by atoms with Crippen LogP contribution in [-0.4, -0.2) is 26.1 Å². The van der Waals surface area contributed by atoms with Crippen LogP contribution in [0.1, 0.15) is 12.5 Å². The molecule has 4 nitrogen and oxygen atoms in total. The largest absolute Gasteiger partial charge is 0.496 e. The Labute approximate surface area is 107 Å². The van der Waals surface area contributed by atoms with Crippen LogP contribution in [0.5, 0.6) is 5.75 Å². The highest BCUT2D eigenvalue weighted by Gasteiger charge is 2.15. The van der Waals surface area contributed by atoms with Gasteiger partial charge in [0.1, 0.15) is 5.75 Å². The smallest absolute Gasteiger partial charge is 0.247 e. The number of carbonyl (C=O) groups is 1. The van der Waals surface area contributed by atoms with Crippen molar-refractivity contribution in [1.29, 1.82) is 0 Å². The van der Waals surface area contributed by atoms with Crippen LogP contribution in [0.25, 0.3) is 0 Å². The van der Waals surface area contributed by atoms with Crippen LogP contribution in [0.2, 0.25) is 0 Å². The standard InChI is InChI=1S/C14H18N2O2/c1-10(12-7-15-8-12)14(17)16-9-11-5-3-4-6-13(11)18-2/h3-6,15H,7-9H2,1-2H3,(H,16,17). The molecule has 1 aromatic carbocycles. The van der Waals surface area contributed by atoms with E-state index in [1.165, 1.54) is 5.57 Å². The molecule has 0 atom stereocenters. The number of para-hydroxylation sites is 1. The minimum atomic E-state index is -0.00240. The van der Waals surface area contributed by atoms with Gasteiger partial charge in [0.05, 0.1) is 7.11 Å². The van der Waals surface area contributed by atoms with E-state index < -0.39 is 0 Å². The van der Waals surface area contributed by atoms with Crippen molar-refractivity contribution < 1.29 is 9.53 Å². The van der Waals surface area contributed by atoms with E-state index in [0.717, 1.165) is 30.0 Å². The van der Waals surface area contributed by atoms with Crippen LogP contribution in [0.15, 0.2) is 35.4 Å². The first kappa shape index (κ1) is 12.6. The highest BCUT2D eigenvalue weighted by Crippen LogP contribution is 2.17. The Kier molecular flexibility index (Phi) is 3.99. The summed E-state index contributed by atoms with van der Waals surface area (Å²) in [6.07, 6.45) is 0. The third-order valence-corrected chi connectivity index (χ3v) is 3.18. The van der Waals surface area contributed by atoms with Crippen molar-refractivity contribution in [3.05, 3.63) is 41.0 Å². The van der Waals surface area contributed by atoms with Crippen LogP contribution in [-0.2, 0) is 11.3 Å². The van der Waals surface area contributed by atoms with E-state index in [0.29, 0.717) is 6.54 Å². The van der Waals surface area contributed by atoms with Gasteiger partial charge in [-0.3, -0.25) is 4.79 Å². The van der Waals surface area contributed by atoms with Crippen molar-refractivity contribution in [1.82, 2.24) is 10.6 Å². The first-order valence-corrected chi connectivity index (χ1v) is 6.02. The summed E-state index contributed by atoms with van der Waals surface area (Å²) in [6.45, 7) is 4.01. The van der Waals surface area contributed by atoms with E-state index >= 15 is 0 Å². The molecule has 0 aliphatic carbocycles. The summed E-state index contributed by atoms with van der Waals surface area (Å²) in [5.41, 5.74) is 2.99. The second kappa shape index (κ2) is 5.69. The summed E-state index contributed by atoms with van der Waals surface area (Å²) in [6, 6.07) is 7.69. The van der Waals surface area contributed by atoms with Crippen LogP contribution in [0.4, 0.5) is 0 Å². The summed E-state index contributed by atoms with van der Waals surface area (Å²) in [5.74, 6) is 0.797. The zero-order chi connectivity index (χ0) is 13.0. The van der Waals surface area contributed by atoms with Gasteiger partial charge in [0, 0.05) is 30.8 Å². The number of carbonyl (C=O) groups excluding carboxylic acids is 1. The van der Waals surface area contributed by atoms with E-state index in [2.05, 4.69) is 10.6 Å². The van der Waals surface area contributed by atoms with Gasteiger partial charge < -0.3 is 15.4 Å². The molecule has 96 valence electrons. The number of amides is 1. The molecule has 0 bridgehead atoms. The molecular weight excluding hydrogens is 228 g/mol. The summed E-state index contributed by atoms with van der Waals surface area (Å²) >= 11 is 0. The molecule has 0 radical (unpaired) electrons. The molecule has 0 unspecified atom stereocenters. The predicted octanol–water partition coefficient (Wildman–Crippen LogP) is 1.23. The quantitative estimate of drug-likeness (QED) is 0.786. The fraction of sp³-hybridized carbons (Fsp3) is 0.357. The van der Waals surface area contributed by atoms with Crippen molar-refractivity contribution in [2.75, 3.05) is 20.2 Å². The first-order chi connectivity index (χ1) is 8.72. The van der Waals surface area contributed by atoms with E-state index in [-0.39, 0.29) is 5.91 Å². The molecule has 1 aromatic rings. The van der Waals surface area contributed by atoms with Gasteiger partial charge in [-0.2, -0.15) is 0 Å². The lowest BCUT2D eigenvalue weighted by Gasteiger charge is -2.21. The fourth-order valence-electron chi connectivity index (χ4n) is 1.83. The molecule has 2 rings (SSSR count). The van der Waals surface area contributed by atoms with Gasteiger partial charge >= 0.3 is 0 Å². The molecule has 1 aliphatic heterocycles. The summed E-state index contributed by atoms with van der Waals surface area (Å²) < 4.78 is 5.24. The van der Waals surface area contributed by atoms with Crippen LogP contribution < -0.4 is 15.4 Å².